The molecule has 96 valence electrons. The van der Waals surface area contributed by atoms with Crippen molar-refractivity contribution in [3.8, 4) is 0 Å². The molecule has 0 aromatic carbocycles. The molecule has 0 aliphatic heterocycles. The predicted octanol–water partition coefficient (Wildman–Crippen LogP) is 0.606. The molecular formula is C12H16N4O2. The summed E-state index contributed by atoms with van der Waals surface area (Å²) in [5, 5.41) is 12.6. The van der Waals surface area contributed by atoms with E-state index in [9.17, 15) is 4.79 Å². The molecule has 0 amide bonds. The molecule has 2 N–H and O–H groups in total. The first-order chi connectivity index (χ1) is 8.77. The molecule has 2 heterocycles. The normalized spacial score (nSPS) is 10.8. The van der Waals surface area contributed by atoms with Crippen molar-refractivity contribution in [2.24, 2.45) is 0 Å². The number of nitrogens with zero attached hydrogens (tertiary/aromatic N) is 3. The quantitative estimate of drug-likeness (QED) is 0.810. The maximum absolute atomic E-state index is 11.8. The first kappa shape index (κ1) is 12.5. The lowest BCUT2D eigenvalue weighted by Crippen LogP contribution is -2.20. The van der Waals surface area contributed by atoms with E-state index in [1.807, 2.05) is 6.92 Å². The van der Waals surface area contributed by atoms with Crippen molar-refractivity contribution in [2.45, 2.75) is 19.9 Å². The largest absolute Gasteiger partial charge is 0.395 e. The third kappa shape index (κ3) is 2.33. The second-order valence-electron chi connectivity index (χ2n) is 3.93. The van der Waals surface area contributed by atoms with Gasteiger partial charge in [0.05, 0.1) is 12.0 Å². The van der Waals surface area contributed by atoms with Crippen LogP contribution in [-0.4, -0.2) is 32.8 Å². The van der Waals surface area contributed by atoms with E-state index in [-0.39, 0.29) is 12.2 Å². The summed E-state index contributed by atoms with van der Waals surface area (Å²) < 4.78 is 1.64. The van der Waals surface area contributed by atoms with E-state index >= 15 is 0 Å². The number of aliphatic hydroxyl groups excluding tert-OH is 1. The van der Waals surface area contributed by atoms with Gasteiger partial charge in [0.25, 0.3) is 5.56 Å². The molecular weight excluding hydrogens is 232 g/mol. The van der Waals surface area contributed by atoms with Crippen LogP contribution in [0.1, 0.15) is 13.3 Å². The van der Waals surface area contributed by atoms with E-state index in [0.717, 1.165) is 11.8 Å². The zero-order chi connectivity index (χ0) is 13.0. The number of aromatic nitrogens is 3. The van der Waals surface area contributed by atoms with Gasteiger partial charge < -0.3 is 10.4 Å². The molecule has 0 spiro atoms. The minimum atomic E-state index is -0.0591. The van der Waals surface area contributed by atoms with Crippen molar-refractivity contribution >= 4 is 16.9 Å². The van der Waals surface area contributed by atoms with E-state index in [4.69, 9.17) is 5.11 Å². The number of hydrogen-bond donors (Lipinski definition) is 2. The van der Waals surface area contributed by atoms with Gasteiger partial charge in [0.2, 0.25) is 0 Å². The molecule has 0 aliphatic rings. The monoisotopic (exact) mass is 248 g/mol. The van der Waals surface area contributed by atoms with E-state index < -0.39 is 0 Å². The smallest absolute Gasteiger partial charge is 0.252 e. The van der Waals surface area contributed by atoms with Crippen molar-refractivity contribution in [1.29, 1.82) is 0 Å². The molecule has 2 rings (SSSR count). The minimum absolute atomic E-state index is 0.0279. The number of anilines is 1. The highest BCUT2D eigenvalue weighted by Gasteiger charge is 2.08. The second-order valence-corrected chi connectivity index (χ2v) is 3.93. The highest BCUT2D eigenvalue weighted by Crippen LogP contribution is 2.17. The van der Waals surface area contributed by atoms with Gasteiger partial charge in [-0.15, -0.1) is 0 Å². The molecule has 6 nitrogen and oxygen atoms in total. The summed E-state index contributed by atoms with van der Waals surface area (Å²) in [5.74, 6) is 0.638. The highest BCUT2D eigenvalue weighted by molar-refractivity contribution is 5.86. The molecule has 0 aliphatic carbocycles. The summed E-state index contributed by atoms with van der Waals surface area (Å²) in [4.78, 5) is 20.1. The topological polar surface area (TPSA) is 80.0 Å². The van der Waals surface area contributed by atoms with Gasteiger partial charge in [0, 0.05) is 19.2 Å². The van der Waals surface area contributed by atoms with Gasteiger partial charge in [-0.1, -0.05) is 6.92 Å². The number of aryl methyl sites for hydroxylation is 1. The van der Waals surface area contributed by atoms with Gasteiger partial charge in [-0.3, -0.25) is 9.36 Å². The van der Waals surface area contributed by atoms with Crippen LogP contribution < -0.4 is 10.9 Å². The average Bonchev–Trinajstić information content (AvgIpc) is 2.39. The Labute approximate surface area is 104 Å². The Kier molecular flexibility index (Phi) is 3.88. The number of rotatable bonds is 5. The average molecular weight is 248 g/mol. The molecule has 0 bridgehead atoms. The third-order valence-electron chi connectivity index (χ3n) is 2.63. The van der Waals surface area contributed by atoms with Crippen LogP contribution in [0.3, 0.4) is 0 Å². The van der Waals surface area contributed by atoms with Crippen molar-refractivity contribution in [3.63, 3.8) is 0 Å². The number of aliphatic hydroxyl groups is 1. The van der Waals surface area contributed by atoms with Crippen molar-refractivity contribution in [2.75, 3.05) is 18.5 Å². The Morgan fingerprint density at radius 1 is 1.39 bits per heavy atom. The van der Waals surface area contributed by atoms with Crippen LogP contribution in [-0.2, 0) is 6.54 Å². The maximum Gasteiger partial charge on any atom is 0.252 e. The van der Waals surface area contributed by atoms with E-state index in [0.29, 0.717) is 24.6 Å². The fourth-order valence-corrected chi connectivity index (χ4v) is 1.86. The predicted molar refractivity (Wildman–Crippen MR) is 69.7 cm³/mol. The Hall–Kier alpha value is -1.95. The van der Waals surface area contributed by atoms with Crippen molar-refractivity contribution in [1.82, 2.24) is 14.5 Å². The van der Waals surface area contributed by atoms with Gasteiger partial charge in [0.1, 0.15) is 17.8 Å². The van der Waals surface area contributed by atoms with Crippen LogP contribution in [0.4, 0.5) is 5.82 Å². The summed E-state index contributed by atoms with van der Waals surface area (Å²) in [6.45, 7) is 3.09. The van der Waals surface area contributed by atoms with Crippen LogP contribution in [0.5, 0.6) is 0 Å². The maximum atomic E-state index is 11.8. The summed E-state index contributed by atoms with van der Waals surface area (Å²) in [6.07, 6.45) is 2.29. The fraction of sp³-hybridized carbons (Fsp3) is 0.417. The molecule has 0 saturated heterocycles. The van der Waals surface area contributed by atoms with Crippen molar-refractivity contribution < 1.29 is 5.11 Å². The fourth-order valence-electron chi connectivity index (χ4n) is 1.86. The third-order valence-corrected chi connectivity index (χ3v) is 2.63. The molecule has 18 heavy (non-hydrogen) atoms. The van der Waals surface area contributed by atoms with Gasteiger partial charge >= 0.3 is 0 Å². The van der Waals surface area contributed by atoms with Crippen molar-refractivity contribution in [3.05, 3.63) is 28.8 Å². The first-order valence-corrected chi connectivity index (χ1v) is 5.97. The Balaban J connectivity index is 2.57. The van der Waals surface area contributed by atoms with Gasteiger partial charge in [-0.25, -0.2) is 9.97 Å². The molecule has 0 fully saturated rings. The van der Waals surface area contributed by atoms with Crippen LogP contribution >= 0.6 is 0 Å². The standard InChI is InChI=1S/C12H16N4O2/c1-2-6-16-10(18)4-3-9-11(13-5-7-17)14-8-15-12(9)16/h3-4,8,17H,2,5-7H2,1H3,(H,13,14,15). The molecule has 0 unspecified atom stereocenters. The first-order valence-electron chi connectivity index (χ1n) is 5.97. The molecule has 6 heteroatoms. The Morgan fingerprint density at radius 2 is 2.22 bits per heavy atom. The lowest BCUT2D eigenvalue weighted by molar-refractivity contribution is 0.311. The Morgan fingerprint density at radius 3 is 2.94 bits per heavy atom. The second kappa shape index (κ2) is 5.59. The molecule has 0 saturated carbocycles. The highest BCUT2D eigenvalue weighted by atomic mass is 16.3. The summed E-state index contributed by atoms with van der Waals surface area (Å²) in [5.41, 5.74) is 0.566. The molecule has 2 aromatic rings. The van der Waals surface area contributed by atoms with Crippen LogP contribution in [0.15, 0.2) is 23.3 Å². The Bertz CT molecular complexity index is 594. The van der Waals surface area contributed by atoms with Crippen LogP contribution in [0.25, 0.3) is 11.0 Å². The molecule has 0 atom stereocenters. The zero-order valence-electron chi connectivity index (χ0n) is 10.3. The number of pyridine rings is 1. The van der Waals surface area contributed by atoms with E-state index in [1.165, 1.54) is 12.4 Å². The molecule has 2 aromatic heterocycles. The van der Waals surface area contributed by atoms with Crippen LogP contribution in [0.2, 0.25) is 0 Å². The van der Waals surface area contributed by atoms with E-state index in [2.05, 4.69) is 15.3 Å². The minimum Gasteiger partial charge on any atom is -0.395 e. The number of fused-ring (bicyclic) bond motifs is 1. The lowest BCUT2D eigenvalue weighted by Gasteiger charge is -2.10. The van der Waals surface area contributed by atoms with E-state index in [1.54, 1.807) is 10.6 Å². The van der Waals surface area contributed by atoms with Gasteiger partial charge in [0.15, 0.2) is 0 Å². The zero-order valence-corrected chi connectivity index (χ0v) is 10.3. The summed E-state index contributed by atoms with van der Waals surface area (Å²) >= 11 is 0. The van der Waals surface area contributed by atoms with Gasteiger partial charge in [-0.2, -0.15) is 0 Å². The van der Waals surface area contributed by atoms with Gasteiger partial charge in [-0.05, 0) is 12.5 Å². The van der Waals surface area contributed by atoms with Crippen LogP contribution in [0, 0.1) is 0 Å². The molecule has 0 radical (unpaired) electrons. The SMILES string of the molecule is CCCn1c(=O)ccc2c(NCCO)ncnc21. The summed E-state index contributed by atoms with van der Waals surface area (Å²) in [7, 11) is 0. The number of hydrogen-bond acceptors (Lipinski definition) is 5. The number of nitrogens with one attached hydrogen (secondary N) is 1. The lowest BCUT2D eigenvalue weighted by atomic mass is 10.3. The summed E-state index contributed by atoms with van der Waals surface area (Å²) in [6, 6.07) is 3.23.